The molecule has 0 fully saturated rings. The van der Waals surface area contributed by atoms with Crippen LogP contribution in [0.2, 0.25) is 0 Å². The summed E-state index contributed by atoms with van der Waals surface area (Å²) in [5.41, 5.74) is -0.0414. The molecule has 2 rings (SSSR count). The second-order valence-corrected chi connectivity index (χ2v) is 8.11. The molecule has 1 aromatic carbocycles. The lowest BCUT2D eigenvalue weighted by Gasteiger charge is -2.12. The molecule has 27 heavy (non-hydrogen) atoms. The van der Waals surface area contributed by atoms with Gasteiger partial charge in [-0.25, -0.2) is 8.42 Å². The second-order valence-electron chi connectivity index (χ2n) is 5.40. The van der Waals surface area contributed by atoms with Gasteiger partial charge in [-0.2, -0.15) is 9.98 Å². The Kier molecular flexibility index (Phi) is 7.06. The van der Waals surface area contributed by atoms with Crippen LogP contribution in [0.3, 0.4) is 0 Å². The molecule has 0 saturated carbocycles. The predicted octanol–water partition coefficient (Wildman–Crippen LogP) is 1.32. The van der Waals surface area contributed by atoms with Crippen molar-refractivity contribution >= 4 is 33.2 Å². The number of nitrogens with zero attached hydrogens (tertiary/aromatic N) is 1. The van der Waals surface area contributed by atoms with E-state index in [9.17, 15) is 18.0 Å². The maximum absolute atomic E-state index is 12.2. The van der Waals surface area contributed by atoms with Crippen LogP contribution in [0.25, 0.3) is 0 Å². The molecule has 1 aromatic heterocycles. The van der Waals surface area contributed by atoms with Crippen LogP contribution >= 0.6 is 11.3 Å². The molecule has 0 aliphatic rings. The van der Waals surface area contributed by atoms with E-state index in [-0.39, 0.29) is 16.5 Å². The number of carbonyl (C=O) groups is 2. The number of thiophene rings is 1. The zero-order valence-corrected chi connectivity index (χ0v) is 16.0. The number of rotatable bonds is 8. The van der Waals surface area contributed by atoms with Crippen molar-refractivity contribution in [1.29, 1.82) is 5.26 Å². The van der Waals surface area contributed by atoms with Gasteiger partial charge in [0.05, 0.1) is 16.5 Å². The molecule has 0 radical (unpaired) electrons. The molecule has 1 amide bonds. The predicted molar refractivity (Wildman–Crippen MR) is 98.2 cm³/mol. The van der Waals surface area contributed by atoms with E-state index in [0.717, 1.165) is 4.88 Å². The van der Waals surface area contributed by atoms with Crippen LogP contribution in [0.1, 0.15) is 23.4 Å². The third-order valence-electron chi connectivity index (χ3n) is 3.42. The van der Waals surface area contributed by atoms with E-state index in [2.05, 4.69) is 10.0 Å². The Morgan fingerprint density at radius 3 is 2.67 bits per heavy atom. The van der Waals surface area contributed by atoms with E-state index < -0.39 is 35.1 Å². The molecule has 0 bridgehead atoms. The quantitative estimate of drug-likeness (QED) is 0.636. The summed E-state index contributed by atoms with van der Waals surface area (Å²) >= 11 is 1.49. The maximum atomic E-state index is 12.2. The van der Waals surface area contributed by atoms with Crippen LogP contribution in [-0.4, -0.2) is 33.4 Å². The summed E-state index contributed by atoms with van der Waals surface area (Å²) in [6.07, 6.45) is 0. The van der Waals surface area contributed by atoms with Gasteiger partial charge in [-0.15, -0.1) is 11.3 Å². The molecule has 1 heterocycles. The standard InChI is InChI=1S/C17H17N3O5S2/c1-12(14-6-4-8-26-14)20-16(21)11-25-17(22)10-19-27(23,24)15-7-3-2-5-13(15)9-18/h2-8,12,19H,10-11H2,1H3,(H,20,21)/t12-/m1/s1. The first kappa shape index (κ1) is 20.6. The highest BCUT2D eigenvalue weighted by atomic mass is 32.2. The first-order valence-corrected chi connectivity index (χ1v) is 10.2. The number of amides is 1. The van der Waals surface area contributed by atoms with Crippen molar-refractivity contribution in [2.24, 2.45) is 0 Å². The van der Waals surface area contributed by atoms with Gasteiger partial charge < -0.3 is 10.1 Å². The van der Waals surface area contributed by atoms with Gasteiger partial charge in [-0.1, -0.05) is 18.2 Å². The van der Waals surface area contributed by atoms with Gasteiger partial charge in [-0.05, 0) is 30.5 Å². The van der Waals surface area contributed by atoms with Crippen LogP contribution in [0.4, 0.5) is 0 Å². The third-order valence-corrected chi connectivity index (χ3v) is 5.93. The summed E-state index contributed by atoms with van der Waals surface area (Å²) in [6, 6.07) is 10.9. The molecular weight excluding hydrogens is 390 g/mol. The van der Waals surface area contributed by atoms with Crippen molar-refractivity contribution in [3.05, 3.63) is 52.2 Å². The molecule has 10 heteroatoms. The van der Waals surface area contributed by atoms with E-state index in [0.29, 0.717) is 0 Å². The Labute approximate surface area is 160 Å². The average molecular weight is 407 g/mol. The van der Waals surface area contributed by atoms with Gasteiger partial charge in [-0.3, -0.25) is 9.59 Å². The fraction of sp³-hybridized carbons (Fsp3) is 0.235. The SMILES string of the molecule is C[C@@H](NC(=O)COC(=O)CNS(=O)(=O)c1ccccc1C#N)c1cccs1. The lowest BCUT2D eigenvalue weighted by molar-refractivity contribution is -0.147. The minimum absolute atomic E-state index is 0.0414. The van der Waals surface area contributed by atoms with Crippen LogP contribution in [-0.2, 0) is 24.3 Å². The summed E-state index contributed by atoms with van der Waals surface area (Å²) in [6.45, 7) is 0.618. The first-order chi connectivity index (χ1) is 12.8. The molecule has 0 saturated heterocycles. The summed E-state index contributed by atoms with van der Waals surface area (Å²) in [5.74, 6) is -1.41. The number of esters is 1. The molecule has 0 aliphatic carbocycles. The smallest absolute Gasteiger partial charge is 0.321 e. The summed E-state index contributed by atoms with van der Waals surface area (Å²) in [4.78, 5) is 24.2. The van der Waals surface area contributed by atoms with Crippen LogP contribution in [0.15, 0.2) is 46.7 Å². The number of sulfonamides is 1. The first-order valence-electron chi connectivity index (χ1n) is 7.80. The molecular formula is C17H17N3O5S2. The van der Waals surface area contributed by atoms with E-state index in [1.54, 1.807) is 13.0 Å². The summed E-state index contributed by atoms with van der Waals surface area (Å²) in [7, 11) is -4.06. The largest absolute Gasteiger partial charge is 0.455 e. The molecule has 0 unspecified atom stereocenters. The number of hydrogen-bond acceptors (Lipinski definition) is 7. The number of carbonyl (C=O) groups excluding carboxylic acids is 2. The lowest BCUT2D eigenvalue weighted by atomic mass is 10.2. The van der Waals surface area contributed by atoms with Crippen LogP contribution < -0.4 is 10.0 Å². The van der Waals surface area contributed by atoms with Crippen molar-refractivity contribution < 1.29 is 22.7 Å². The molecule has 2 N–H and O–H groups in total. The lowest BCUT2D eigenvalue weighted by Crippen LogP contribution is -2.34. The van der Waals surface area contributed by atoms with Crippen molar-refractivity contribution in [2.45, 2.75) is 17.9 Å². The van der Waals surface area contributed by atoms with Crippen molar-refractivity contribution in [3.63, 3.8) is 0 Å². The van der Waals surface area contributed by atoms with Gasteiger partial charge in [0.1, 0.15) is 12.6 Å². The Balaban J connectivity index is 1.82. The zero-order chi connectivity index (χ0) is 19.9. The number of nitriles is 1. The molecule has 2 aromatic rings. The highest BCUT2D eigenvalue weighted by Crippen LogP contribution is 2.17. The minimum atomic E-state index is -4.06. The van der Waals surface area contributed by atoms with E-state index in [4.69, 9.17) is 10.00 Å². The van der Waals surface area contributed by atoms with E-state index in [1.807, 2.05) is 17.5 Å². The van der Waals surface area contributed by atoms with Crippen molar-refractivity contribution in [3.8, 4) is 6.07 Å². The fourth-order valence-corrected chi connectivity index (χ4v) is 3.97. The number of benzene rings is 1. The van der Waals surface area contributed by atoms with Gasteiger partial charge in [0.2, 0.25) is 10.0 Å². The highest BCUT2D eigenvalue weighted by Gasteiger charge is 2.20. The third kappa shape index (κ3) is 5.89. The maximum Gasteiger partial charge on any atom is 0.321 e. The summed E-state index contributed by atoms with van der Waals surface area (Å²) < 4.78 is 31.2. The molecule has 1 atom stereocenters. The van der Waals surface area contributed by atoms with Gasteiger partial charge in [0, 0.05) is 4.88 Å². The van der Waals surface area contributed by atoms with Gasteiger partial charge >= 0.3 is 5.97 Å². The van der Waals surface area contributed by atoms with E-state index in [1.165, 1.54) is 35.6 Å². The Morgan fingerprint density at radius 2 is 2.00 bits per heavy atom. The van der Waals surface area contributed by atoms with Crippen LogP contribution in [0.5, 0.6) is 0 Å². The number of ether oxygens (including phenoxy) is 1. The minimum Gasteiger partial charge on any atom is -0.455 e. The molecule has 0 aliphatic heterocycles. The Bertz CT molecular complexity index is 949. The van der Waals surface area contributed by atoms with Crippen molar-refractivity contribution in [1.82, 2.24) is 10.0 Å². The molecule has 8 nitrogen and oxygen atoms in total. The second kappa shape index (κ2) is 9.27. The Hall–Kier alpha value is -2.74. The van der Waals surface area contributed by atoms with Gasteiger partial charge in [0.25, 0.3) is 5.91 Å². The molecule has 142 valence electrons. The van der Waals surface area contributed by atoms with Crippen LogP contribution in [0, 0.1) is 11.3 Å². The fourth-order valence-electron chi connectivity index (χ4n) is 2.11. The topological polar surface area (TPSA) is 125 Å². The average Bonchev–Trinajstić information content (AvgIpc) is 3.19. The number of hydrogen-bond donors (Lipinski definition) is 2. The normalized spacial score (nSPS) is 12.0. The van der Waals surface area contributed by atoms with E-state index >= 15 is 0 Å². The summed E-state index contributed by atoms with van der Waals surface area (Å²) in [5, 5.41) is 13.5. The van der Waals surface area contributed by atoms with Gasteiger partial charge in [0.15, 0.2) is 6.61 Å². The Morgan fingerprint density at radius 1 is 1.26 bits per heavy atom. The number of nitrogens with one attached hydrogen (secondary N) is 2. The zero-order valence-electron chi connectivity index (χ0n) is 14.3. The highest BCUT2D eigenvalue weighted by molar-refractivity contribution is 7.89. The van der Waals surface area contributed by atoms with Crippen molar-refractivity contribution in [2.75, 3.05) is 13.2 Å². The monoisotopic (exact) mass is 407 g/mol. The molecule has 0 spiro atoms.